The molecule has 0 unspecified atom stereocenters. The molecule has 0 aliphatic carbocycles. The third kappa shape index (κ3) is 5.04. The van der Waals surface area contributed by atoms with Crippen LogP contribution in [0, 0.1) is 0 Å². The van der Waals surface area contributed by atoms with Gasteiger partial charge >= 0.3 is 0 Å². The first-order valence-electron chi connectivity index (χ1n) is 7.66. The number of aromatic nitrogens is 2. The van der Waals surface area contributed by atoms with Crippen molar-refractivity contribution in [3.05, 3.63) is 65.7 Å². The minimum Gasteiger partial charge on any atom is -0.497 e. The summed E-state index contributed by atoms with van der Waals surface area (Å²) in [5.41, 5.74) is 1.82. The molecule has 0 spiro atoms. The van der Waals surface area contributed by atoms with E-state index < -0.39 is 0 Å². The van der Waals surface area contributed by atoms with E-state index in [0.29, 0.717) is 23.6 Å². The Kier molecular flexibility index (Phi) is 6.03. The van der Waals surface area contributed by atoms with Crippen molar-refractivity contribution in [3.8, 4) is 5.75 Å². The number of rotatable bonds is 8. The van der Waals surface area contributed by atoms with Crippen LogP contribution >= 0.6 is 23.1 Å². The number of hydrogen-bond acceptors (Lipinski definition) is 7. The summed E-state index contributed by atoms with van der Waals surface area (Å²) >= 11 is 2.84. The molecule has 0 atom stereocenters. The van der Waals surface area contributed by atoms with Gasteiger partial charge in [-0.2, -0.15) is 0 Å². The molecule has 1 heterocycles. The number of thioether (sulfide) groups is 1. The summed E-state index contributed by atoms with van der Waals surface area (Å²) in [6.45, 7) is 0.697. The molecule has 0 aliphatic heterocycles. The summed E-state index contributed by atoms with van der Waals surface area (Å²) in [6, 6.07) is 17.3. The zero-order valence-electron chi connectivity index (χ0n) is 13.6. The molecule has 5 nitrogen and oxygen atoms in total. The number of carbonyl (C=O) groups excluding carboxylic acids is 1. The number of carbonyl (C=O) groups is 1. The summed E-state index contributed by atoms with van der Waals surface area (Å²) in [7, 11) is 1.59. The Hall–Kier alpha value is -2.38. The molecule has 0 fully saturated rings. The van der Waals surface area contributed by atoms with Gasteiger partial charge in [0.05, 0.1) is 12.9 Å². The van der Waals surface area contributed by atoms with Gasteiger partial charge in [-0.1, -0.05) is 65.6 Å². The zero-order valence-corrected chi connectivity index (χ0v) is 15.3. The van der Waals surface area contributed by atoms with Gasteiger partial charge < -0.3 is 10.1 Å². The molecule has 1 N–H and O–H groups in total. The maximum atomic E-state index is 12.3. The lowest BCUT2D eigenvalue weighted by atomic mass is 10.1. The van der Waals surface area contributed by atoms with Gasteiger partial charge in [-0.05, 0) is 17.7 Å². The predicted octanol–water partition coefficient (Wildman–Crippen LogP) is 4.13. The molecule has 2 aromatic carbocycles. The second-order valence-electron chi connectivity index (χ2n) is 5.16. The van der Waals surface area contributed by atoms with Gasteiger partial charge in [0.2, 0.25) is 5.13 Å². The van der Waals surface area contributed by atoms with Crippen LogP contribution in [0.1, 0.15) is 15.9 Å². The SMILES string of the molecule is COc1cccc(C(=O)CSc2nnc(NCc3ccccc3)s2)c1. The van der Waals surface area contributed by atoms with Crippen molar-refractivity contribution < 1.29 is 9.53 Å². The van der Waals surface area contributed by atoms with E-state index in [9.17, 15) is 4.79 Å². The quantitative estimate of drug-likeness (QED) is 0.474. The van der Waals surface area contributed by atoms with Gasteiger partial charge in [0.1, 0.15) is 5.75 Å². The molecular formula is C18H17N3O2S2. The molecule has 0 bridgehead atoms. The molecular weight excluding hydrogens is 354 g/mol. The number of ether oxygens (including phenoxy) is 1. The fraction of sp³-hybridized carbons (Fsp3) is 0.167. The summed E-state index contributed by atoms with van der Waals surface area (Å²) in [5.74, 6) is 1.04. The van der Waals surface area contributed by atoms with Crippen molar-refractivity contribution in [2.45, 2.75) is 10.9 Å². The minimum atomic E-state index is 0.0397. The smallest absolute Gasteiger partial charge is 0.206 e. The van der Waals surface area contributed by atoms with Crippen LogP contribution in [0.15, 0.2) is 58.9 Å². The lowest BCUT2D eigenvalue weighted by Gasteiger charge is -2.02. The van der Waals surface area contributed by atoms with E-state index in [1.807, 2.05) is 30.3 Å². The normalized spacial score (nSPS) is 10.4. The third-order valence-corrected chi connectivity index (χ3v) is 5.43. The summed E-state index contributed by atoms with van der Waals surface area (Å²) in [5, 5.41) is 12.2. The Balaban J connectivity index is 1.52. The number of methoxy groups -OCH3 is 1. The summed E-state index contributed by atoms with van der Waals surface area (Å²) in [4.78, 5) is 12.3. The van der Waals surface area contributed by atoms with Gasteiger partial charge in [-0.25, -0.2) is 0 Å². The van der Waals surface area contributed by atoms with Crippen LogP contribution in [0.2, 0.25) is 0 Å². The fourth-order valence-electron chi connectivity index (χ4n) is 2.12. The number of ketones is 1. The molecule has 0 radical (unpaired) electrons. The van der Waals surface area contributed by atoms with Crippen LogP contribution in [0.5, 0.6) is 5.75 Å². The van der Waals surface area contributed by atoms with Gasteiger partial charge in [0.25, 0.3) is 0 Å². The summed E-state index contributed by atoms with van der Waals surface area (Å²) < 4.78 is 5.92. The second-order valence-corrected chi connectivity index (χ2v) is 7.36. The van der Waals surface area contributed by atoms with Crippen molar-refractivity contribution in [1.82, 2.24) is 10.2 Å². The first-order valence-corrected chi connectivity index (χ1v) is 9.46. The number of anilines is 1. The van der Waals surface area contributed by atoms with E-state index in [2.05, 4.69) is 27.6 Å². The van der Waals surface area contributed by atoms with E-state index >= 15 is 0 Å². The van der Waals surface area contributed by atoms with Crippen molar-refractivity contribution in [2.75, 3.05) is 18.2 Å². The Morgan fingerprint density at radius 3 is 2.80 bits per heavy atom. The van der Waals surface area contributed by atoms with E-state index in [1.54, 1.807) is 19.2 Å². The van der Waals surface area contributed by atoms with Crippen LogP contribution in [-0.2, 0) is 6.54 Å². The van der Waals surface area contributed by atoms with Crippen molar-refractivity contribution in [2.24, 2.45) is 0 Å². The topological polar surface area (TPSA) is 64.1 Å². The maximum Gasteiger partial charge on any atom is 0.206 e. The van der Waals surface area contributed by atoms with Crippen LogP contribution in [-0.4, -0.2) is 28.8 Å². The van der Waals surface area contributed by atoms with Crippen LogP contribution in [0.25, 0.3) is 0 Å². The Morgan fingerprint density at radius 2 is 2.00 bits per heavy atom. The highest BCUT2D eigenvalue weighted by molar-refractivity contribution is 8.01. The summed E-state index contributed by atoms with van der Waals surface area (Å²) in [6.07, 6.45) is 0. The average molecular weight is 371 g/mol. The number of nitrogens with zero attached hydrogens (tertiary/aromatic N) is 2. The van der Waals surface area contributed by atoms with E-state index in [-0.39, 0.29) is 5.78 Å². The Bertz CT molecular complexity index is 837. The molecule has 3 rings (SSSR count). The van der Waals surface area contributed by atoms with E-state index in [1.165, 1.54) is 28.7 Å². The monoisotopic (exact) mass is 371 g/mol. The highest BCUT2D eigenvalue weighted by Gasteiger charge is 2.11. The van der Waals surface area contributed by atoms with E-state index in [0.717, 1.165) is 9.47 Å². The largest absolute Gasteiger partial charge is 0.497 e. The molecule has 0 aliphatic rings. The van der Waals surface area contributed by atoms with Crippen LogP contribution < -0.4 is 10.1 Å². The molecule has 0 amide bonds. The molecule has 7 heteroatoms. The van der Waals surface area contributed by atoms with Gasteiger partial charge in [-0.3, -0.25) is 4.79 Å². The zero-order chi connectivity index (χ0) is 17.5. The first-order chi connectivity index (χ1) is 12.2. The molecule has 128 valence electrons. The fourth-order valence-corrected chi connectivity index (χ4v) is 3.76. The maximum absolute atomic E-state index is 12.3. The van der Waals surface area contributed by atoms with Gasteiger partial charge in [0.15, 0.2) is 10.1 Å². The Labute approximate surface area is 154 Å². The van der Waals surface area contributed by atoms with Crippen molar-refractivity contribution in [3.63, 3.8) is 0 Å². The number of hydrogen-bond donors (Lipinski definition) is 1. The molecule has 1 aromatic heterocycles. The highest BCUT2D eigenvalue weighted by atomic mass is 32.2. The molecule has 0 saturated heterocycles. The number of nitrogens with one attached hydrogen (secondary N) is 1. The van der Waals surface area contributed by atoms with Crippen LogP contribution in [0.4, 0.5) is 5.13 Å². The minimum absolute atomic E-state index is 0.0397. The van der Waals surface area contributed by atoms with Gasteiger partial charge in [0, 0.05) is 12.1 Å². The molecule has 0 saturated carbocycles. The van der Waals surface area contributed by atoms with Crippen molar-refractivity contribution >= 4 is 34.0 Å². The highest BCUT2D eigenvalue weighted by Crippen LogP contribution is 2.26. The predicted molar refractivity (Wildman–Crippen MR) is 102 cm³/mol. The lowest BCUT2D eigenvalue weighted by Crippen LogP contribution is -2.02. The molecule has 3 aromatic rings. The lowest BCUT2D eigenvalue weighted by molar-refractivity contribution is 0.102. The van der Waals surface area contributed by atoms with Crippen LogP contribution in [0.3, 0.4) is 0 Å². The second kappa shape index (κ2) is 8.64. The van der Waals surface area contributed by atoms with Gasteiger partial charge in [-0.15, -0.1) is 10.2 Å². The van der Waals surface area contributed by atoms with E-state index in [4.69, 9.17) is 4.74 Å². The first kappa shape index (κ1) is 17.4. The standard InChI is InChI=1S/C18H17N3O2S2/c1-23-15-9-5-8-14(10-15)16(22)12-24-18-21-20-17(25-18)19-11-13-6-3-2-4-7-13/h2-10H,11-12H2,1H3,(H,19,20). The van der Waals surface area contributed by atoms with Crippen molar-refractivity contribution in [1.29, 1.82) is 0 Å². The number of Topliss-reactive ketones (excluding diaryl/α,β-unsaturated/α-hetero) is 1. The average Bonchev–Trinajstić information content (AvgIpc) is 3.13. The third-order valence-electron chi connectivity index (χ3n) is 3.41. The molecule has 25 heavy (non-hydrogen) atoms. The Morgan fingerprint density at radius 1 is 1.16 bits per heavy atom. The number of benzene rings is 2.